The van der Waals surface area contributed by atoms with E-state index in [4.69, 9.17) is 9.47 Å². The van der Waals surface area contributed by atoms with Crippen LogP contribution in [-0.4, -0.2) is 60.4 Å². The summed E-state index contributed by atoms with van der Waals surface area (Å²) in [4.78, 5) is 19.0. The van der Waals surface area contributed by atoms with Crippen molar-refractivity contribution in [1.29, 1.82) is 0 Å². The number of benzene rings is 1. The van der Waals surface area contributed by atoms with Crippen LogP contribution in [0, 0.1) is 6.92 Å². The van der Waals surface area contributed by atoms with Crippen molar-refractivity contribution in [2.75, 3.05) is 33.4 Å². The van der Waals surface area contributed by atoms with Gasteiger partial charge in [-0.3, -0.25) is 4.90 Å². The fraction of sp³-hybridized carbons (Fsp3) is 0.412. The molecular weight excluding hydrogens is 328 g/mol. The molecule has 1 aliphatic rings. The molecule has 0 aliphatic carbocycles. The van der Waals surface area contributed by atoms with Gasteiger partial charge in [0, 0.05) is 23.2 Å². The number of thiazole rings is 1. The third-order valence-corrected chi connectivity index (χ3v) is 4.95. The SMILES string of the molecule is Cc1cnc(-c2cc(OCC3COCCN3C)cc(C(=O)O)c2)s1. The number of aryl methyl sites for hydroxylation is 1. The van der Waals surface area contributed by atoms with Crippen LogP contribution >= 0.6 is 11.3 Å². The van der Waals surface area contributed by atoms with Crippen molar-refractivity contribution in [3.05, 3.63) is 34.8 Å². The zero-order chi connectivity index (χ0) is 17.1. The van der Waals surface area contributed by atoms with E-state index in [2.05, 4.69) is 9.88 Å². The van der Waals surface area contributed by atoms with Crippen LogP contribution in [0.1, 0.15) is 15.2 Å². The molecule has 2 aromatic rings. The van der Waals surface area contributed by atoms with Crippen molar-refractivity contribution in [3.63, 3.8) is 0 Å². The predicted octanol–water partition coefficient (Wildman–Crippen LogP) is 2.53. The summed E-state index contributed by atoms with van der Waals surface area (Å²) < 4.78 is 11.3. The lowest BCUT2D eigenvalue weighted by Crippen LogP contribution is -2.46. The van der Waals surface area contributed by atoms with Gasteiger partial charge in [-0.2, -0.15) is 0 Å². The zero-order valence-electron chi connectivity index (χ0n) is 13.7. The minimum Gasteiger partial charge on any atom is -0.492 e. The van der Waals surface area contributed by atoms with Crippen molar-refractivity contribution < 1.29 is 19.4 Å². The first-order valence-electron chi connectivity index (χ1n) is 7.75. The Labute approximate surface area is 144 Å². The van der Waals surface area contributed by atoms with Crippen LogP contribution in [0.5, 0.6) is 5.75 Å². The summed E-state index contributed by atoms with van der Waals surface area (Å²) in [5.74, 6) is -0.440. The van der Waals surface area contributed by atoms with Gasteiger partial charge < -0.3 is 14.6 Å². The van der Waals surface area contributed by atoms with E-state index in [1.165, 1.54) is 11.3 Å². The van der Waals surface area contributed by atoms with E-state index in [1.807, 2.05) is 20.0 Å². The normalized spacial score (nSPS) is 18.5. The summed E-state index contributed by atoms with van der Waals surface area (Å²) in [6.45, 7) is 4.64. The molecule has 0 amide bonds. The second-order valence-corrected chi connectivity index (χ2v) is 7.08. The molecule has 3 rings (SSSR count). The second-order valence-electron chi connectivity index (χ2n) is 5.85. The van der Waals surface area contributed by atoms with Gasteiger partial charge >= 0.3 is 5.97 Å². The Balaban J connectivity index is 1.81. The first-order chi connectivity index (χ1) is 11.5. The predicted molar refractivity (Wildman–Crippen MR) is 92.0 cm³/mol. The van der Waals surface area contributed by atoms with Crippen molar-refractivity contribution in [1.82, 2.24) is 9.88 Å². The van der Waals surface area contributed by atoms with E-state index < -0.39 is 5.97 Å². The Bertz CT molecular complexity index is 731. The maximum absolute atomic E-state index is 11.4. The fourth-order valence-corrected chi connectivity index (χ4v) is 3.27. The molecule has 7 heteroatoms. The van der Waals surface area contributed by atoms with E-state index in [0.717, 1.165) is 28.6 Å². The number of carboxylic acids is 1. The Morgan fingerprint density at radius 3 is 3.00 bits per heavy atom. The number of likely N-dealkylation sites (N-methyl/N-ethyl adjacent to an activating group) is 1. The smallest absolute Gasteiger partial charge is 0.335 e. The Hall–Kier alpha value is -1.96. The van der Waals surface area contributed by atoms with Gasteiger partial charge in [-0.25, -0.2) is 9.78 Å². The summed E-state index contributed by atoms with van der Waals surface area (Å²) in [6.07, 6.45) is 1.78. The van der Waals surface area contributed by atoms with Crippen molar-refractivity contribution >= 4 is 17.3 Å². The quantitative estimate of drug-likeness (QED) is 0.895. The van der Waals surface area contributed by atoms with Gasteiger partial charge in [0.1, 0.15) is 17.4 Å². The topological polar surface area (TPSA) is 71.9 Å². The van der Waals surface area contributed by atoms with Gasteiger partial charge in [-0.15, -0.1) is 11.3 Å². The Morgan fingerprint density at radius 1 is 1.50 bits per heavy atom. The highest BCUT2D eigenvalue weighted by Crippen LogP contribution is 2.29. The van der Waals surface area contributed by atoms with Crippen LogP contribution in [0.3, 0.4) is 0 Å². The van der Waals surface area contributed by atoms with Crippen molar-refractivity contribution in [3.8, 4) is 16.3 Å². The van der Waals surface area contributed by atoms with Gasteiger partial charge in [0.25, 0.3) is 0 Å². The number of morpholine rings is 1. The van der Waals surface area contributed by atoms with Gasteiger partial charge in [0.15, 0.2) is 0 Å². The third-order valence-electron chi connectivity index (χ3n) is 3.99. The van der Waals surface area contributed by atoms with Crippen LogP contribution < -0.4 is 4.74 Å². The zero-order valence-corrected chi connectivity index (χ0v) is 14.5. The summed E-state index contributed by atoms with van der Waals surface area (Å²) in [5, 5.41) is 10.1. The third kappa shape index (κ3) is 3.92. The highest BCUT2D eigenvalue weighted by molar-refractivity contribution is 7.14. The number of aromatic carboxylic acids is 1. The second kappa shape index (κ2) is 7.29. The van der Waals surface area contributed by atoms with Gasteiger partial charge in [-0.1, -0.05) is 0 Å². The highest BCUT2D eigenvalue weighted by atomic mass is 32.1. The maximum atomic E-state index is 11.4. The van der Waals surface area contributed by atoms with E-state index in [1.54, 1.807) is 18.3 Å². The van der Waals surface area contributed by atoms with E-state index >= 15 is 0 Å². The Kier molecular flexibility index (Phi) is 5.13. The van der Waals surface area contributed by atoms with E-state index in [9.17, 15) is 9.90 Å². The molecule has 1 atom stereocenters. The summed E-state index contributed by atoms with van der Waals surface area (Å²) in [7, 11) is 2.04. The van der Waals surface area contributed by atoms with Crippen LogP contribution in [0.15, 0.2) is 24.4 Å². The first kappa shape index (κ1) is 16.9. The number of carboxylic acid groups (broad SMARTS) is 1. The first-order valence-corrected chi connectivity index (χ1v) is 8.56. The molecule has 1 aliphatic heterocycles. The monoisotopic (exact) mass is 348 g/mol. The highest BCUT2D eigenvalue weighted by Gasteiger charge is 2.20. The molecular formula is C17H20N2O4S. The van der Waals surface area contributed by atoms with Gasteiger partial charge in [-0.05, 0) is 32.2 Å². The fourth-order valence-electron chi connectivity index (χ4n) is 2.52. The minimum absolute atomic E-state index is 0.165. The molecule has 128 valence electrons. The number of nitrogens with zero attached hydrogens (tertiary/aromatic N) is 2. The molecule has 1 aromatic heterocycles. The van der Waals surface area contributed by atoms with Crippen molar-refractivity contribution in [2.45, 2.75) is 13.0 Å². The summed E-state index contributed by atoms with van der Waals surface area (Å²) in [6, 6.07) is 5.19. The number of rotatable bonds is 5. The number of hydrogen-bond donors (Lipinski definition) is 1. The molecule has 1 unspecified atom stereocenters. The lowest BCUT2D eigenvalue weighted by atomic mass is 10.1. The van der Waals surface area contributed by atoms with Crippen LogP contribution in [-0.2, 0) is 4.74 Å². The molecule has 1 fully saturated rings. The maximum Gasteiger partial charge on any atom is 0.335 e. The average Bonchev–Trinajstić information content (AvgIpc) is 3.00. The molecule has 1 aromatic carbocycles. The lowest BCUT2D eigenvalue weighted by Gasteiger charge is -2.32. The van der Waals surface area contributed by atoms with Crippen molar-refractivity contribution in [2.24, 2.45) is 0 Å². The van der Waals surface area contributed by atoms with E-state index in [-0.39, 0.29) is 11.6 Å². The van der Waals surface area contributed by atoms with Crippen LogP contribution in [0.25, 0.3) is 10.6 Å². The number of carbonyl (C=O) groups is 1. The Morgan fingerprint density at radius 2 is 2.33 bits per heavy atom. The summed E-state index contributed by atoms with van der Waals surface area (Å²) >= 11 is 1.53. The van der Waals surface area contributed by atoms with Crippen LogP contribution in [0.4, 0.5) is 0 Å². The van der Waals surface area contributed by atoms with Gasteiger partial charge in [0.2, 0.25) is 0 Å². The molecule has 0 bridgehead atoms. The standard InChI is InChI=1S/C17H20N2O4S/c1-11-8-18-16(24-11)12-5-13(17(20)21)7-15(6-12)23-10-14-9-22-4-3-19(14)2/h5-8,14H,3-4,9-10H2,1-2H3,(H,20,21). The number of ether oxygens (including phenoxy) is 2. The molecule has 0 radical (unpaired) electrons. The van der Waals surface area contributed by atoms with E-state index in [0.29, 0.717) is 19.0 Å². The number of aromatic nitrogens is 1. The molecule has 1 saturated heterocycles. The number of hydrogen-bond acceptors (Lipinski definition) is 6. The van der Waals surface area contributed by atoms with Crippen LogP contribution in [0.2, 0.25) is 0 Å². The molecule has 1 N–H and O–H groups in total. The molecule has 0 saturated carbocycles. The molecule has 6 nitrogen and oxygen atoms in total. The largest absolute Gasteiger partial charge is 0.492 e. The van der Waals surface area contributed by atoms with Gasteiger partial charge in [0.05, 0.1) is 24.8 Å². The molecule has 0 spiro atoms. The summed E-state index contributed by atoms with van der Waals surface area (Å²) in [5.41, 5.74) is 0.958. The minimum atomic E-state index is -0.979. The lowest BCUT2D eigenvalue weighted by molar-refractivity contribution is -0.0108. The molecule has 2 heterocycles. The molecule has 24 heavy (non-hydrogen) atoms. The average molecular weight is 348 g/mol.